The van der Waals surface area contributed by atoms with Crippen LogP contribution in [-0.4, -0.2) is 19.9 Å². The average Bonchev–Trinajstić information content (AvgIpc) is 2.39. The fourth-order valence-corrected chi connectivity index (χ4v) is 1.84. The second-order valence-corrected chi connectivity index (χ2v) is 4.03. The first-order valence-corrected chi connectivity index (χ1v) is 5.63. The molecule has 3 aromatic heterocycles. The highest BCUT2D eigenvalue weighted by atomic mass is 35.5. The minimum absolute atomic E-state index is 0.187. The van der Waals surface area contributed by atoms with Crippen LogP contribution in [0.1, 0.15) is 0 Å². The van der Waals surface area contributed by atoms with Gasteiger partial charge in [-0.1, -0.05) is 17.7 Å². The average molecular weight is 258 g/mol. The van der Waals surface area contributed by atoms with E-state index in [0.29, 0.717) is 27.6 Å². The molecule has 6 heteroatoms. The predicted molar refractivity (Wildman–Crippen MR) is 70.0 cm³/mol. The highest BCUT2D eigenvalue weighted by molar-refractivity contribution is 6.29. The molecule has 0 bridgehead atoms. The van der Waals surface area contributed by atoms with Crippen LogP contribution in [0, 0.1) is 0 Å². The van der Waals surface area contributed by atoms with Crippen molar-refractivity contribution in [3.05, 3.63) is 41.7 Å². The summed E-state index contributed by atoms with van der Waals surface area (Å²) in [5.74, 6) is 0.187. The third-order valence-electron chi connectivity index (χ3n) is 2.43. The molecule has 0 radical (unpaired) electrons. The number of nitrogens with two attached hydrogens (primary N) is 1. The first-order valence-electron chi connectivity index (χ1n) is 5.25. The Morgan fingerprint density at radius 3 is 2.67 bits per heavy atom. The Kier molecular flexibility index (Phi) is 2.53. The Labute approximate surface area is 108 Å². The zero-order valence-corrected chi connectivity index (χ0v) is 9.96. The third-order valence-corrected chi connectivity index (χ3v) is 2.64. The van der Waals surface area contributed by atoms with Crippen LogP contribution in [-0.2, 0) is 0 Å². The van der Waals surface area contributed by atoms with Gasteiger partial charge in [0.15, 0.2) is 0 Å². The van der Waals surface area contributed by atoms with Crippen LogP contribution in [0.4, 0.5) is 5.95 Å². The second kappa shape index (κ2) is 4.19. The van der Waals surface area contributed by atoms with Gasteiger partial charge in [0.05, 0.1) is 11.2 Å². The van der Waals surface area contributed by atoms with Crippen molar-refractivity contribution in [2.45, 2.75) is 0 Å². The zero-order chi connectivity index (χ0) is 12.5. The van der Waals surface area contributed by atoms with Crippen molar-refractivity contribution in [3.8, 4) is 11.4 Å². The summed E-state index contributed by atoms with van der Waals surface area (Å²) in [4.78, 5) is 16.8. The summed E-state index contributed by atoms with van der Waals surface area (Å²) in [5.41, 5.74) is 8.20. The highest BCUT2D eigenvalue weighted by Gasteiger charge is 2.11. The molecule has 0 aliphatic heterocycles. The van der Waals surface area contributed by atoms with Gasteiger partial charge in [-0.2, -0.15) is 0 Å². The first kappa shape index (κ1) is 10.9. The van der Waals surface area contributed by atoms with Gasteiger partial charge in [-0.3, -0.25) is 4.98 Å². The lowest BCUT2D eigenvalue weighted by atomic mass is 10.2. The largest absolute Gasteiger partial charge is 0.368 e. The van der Waals surface area contributed by atoms with Crippen molar-refractivity contribution < 1.29 is 0 Å². The van der Waals surface area contributed by atoms with Crippen LogP contribution < -0.4 is 5.73 Å². The molecule has 3 aromatic rings. The second-order valence-electron chi connectivity index (χ2n) is 3.65. The van der Waals surface area contributed by atoms with E-state index in [-0.39, 0.29) is 5.95 Å². The maximum Gasteiger partial charge on any atom is 0.221 e. The van der Waals surface area contributed by atoms with E-state index in [1.807, 2.05) is 18.2 Å². The van der Waals surface area contributed by atoms with Crippen molar-refractivity contribution in [1.82, 2.24) is 19.9 Å². The van der Waals surface area contributed by atoms with Gasteiger partial charge in [0.1, 0.15) is 16.4 Å². The number of hydrogen-bond donors (Lipinski definition) is 1. The van der Waals surface area contributed by atoms with Gasteiger partial charge in [-0.15, -0.1) is 0 Å². The van der Waals surface area contributed by atoms with Gasteiger partial charge in [0.25, 0.3) is 0 Å². The van der Waals surface area contributed by atoms with E-state index in [1.54, 1.807) is 18.3 Å². The fourth-order valence-electron chi connectivity index (χ4n) is 1.69. The molecule has 0 saturated carbocycles. The summed E-state index contributed by atoms with van der Waals surface area (Å²) < 4.78 is 0. The Morgan fingerprint density at radius 2 is 1.89 bits per heavy atom. The van der Waals surface area contributed by atoms with E-state index < -0.39 is 0 Å². The number of pyridine rings is 2. The SMILES string of the molecule is Nc1nc(-c2ccccn2)c2nc(Cl)ccc2n1. The number of fused-ring (bicyclic) bond motifs is 1. The number of anilines is 1. The van der Waals surface area contributed by atoms with Crippen molar-refractivity contribution in [3.63, 3.8) is 0 Å². The molecule has 0 amide bonds. The van der Waals surface area contributed by atoms with E-state index in [4.69, 9.17) is 17.3 Å². The van der Waals surface area contributed by atoms with Gasteiger partial charge in [-0.05, 0) is 24.3 Å². The molecule has 0 saturated heterocycles. The lowest BCUT2D eigenvalue weighted by Crippen LogP contribution is -2.00. The lowest BCUT2D eigenvalue weighted by Gasteiger charge is -2.05. The van der Waals surface area contributed by atoms with Crippen LogP contribution >= 0.6 is 11.6 Å². The summed E-state index contributed by atoms with van der Waals surface area (Å²) in [5, 5.41) is 0.382. The van der Waals surface area contributed by atoms with E-state index in [1.165, 1.54) is 0 Å². The Balaban J connectivity index is 2.37. The number of nitrogen functional groups attached to an aromatic ring is 1. The van der Waals surface area contributed by atoms with Crippen molar-refractivity contribution >= 4 is 28.6 Å². The fraction of sp³-hybridized carbons (Fsp3) is 0. The maximum absolute atomic E-state index is 5.90. The summed E-state index contributed by atoms with van der Waals surface area (Å²) in [7, 11) is 0. The Bertz CT molecular complexity index is 714. The molecule has 0 aromatic carbocycles. The summed E-state index contributed by atoms with van der Waals surface area (Å²) >= 11 is 5.90. The monoisotopic (exact) mass is 257 g/mol. The molecule has 0 atom stereocenters. The minimum atomic E-state index is 0.187. The number of halogens is 1. The molecule has 18 heavy (non-hydrogen) atoms. The maximum atomic E-state index is 5.90. The van der Waals surface area contributed by atoms with Gasteiger partial charge in [0.2, 0.25) is 5.95 Å². The smallest absolute Gasteiger partial charge is 0.221 e. The minimum Gasteiger partial charge on any atom is -0.368 e. The summed E-state index contributed by atoms with van der Waals surface area (Å²) in [6.07, 6.45) is 1.68. The van der Waals surface area contributed by atoms with Crippen LogP contribution in [0.15, 0.2) is 36.5 Å². The normalized spacial score (nSPS) is 10.7. The number of nitrogens with zero attached hydrogens (tertiary/aromatic N) is 4. The lowest BCUT2D eigenvalue weighted by molar-refractivity contribution is 1.19. The van der Waals surface area contributed by atoms with Gasteiger partial charge in [-0.25, -0.2) is 15.0 Å². The van der Waals surface area contributed by atoms with Crippen molar-refractivity contribution in [2.24, 2.45) is 0 Å². The molecule has 0 unspecified atom stereocenters. The molecule has 5 nitrogen and oxygen atoms in total. The van der Waals surface area contributed by atoms with Crippen LogP contribution in [0.25, 0.3) is 22.4 Å². The van der Waals surface area contributed by atoms with Crippen LogP contribution in [0.3, 0.4) is 0 Å². The molecule has 2 N–H and O–H groups in total. The van der Waals surface area contributed by atoms with Gasteiger partial charge >= 0.3 is 0 Å². The Morgan fingerprint density at radius 1 is 1.00 bits per heavy atom. The molecule has 0 spiro atoms. The van der Waals surface area contributed by atoms with E-state index in [2.05, 4.69) is 19.9 Å². The standard InChI is InChI=1S/C12H8ClN5/c13-9-5-4-8-11(17-9)10(18-12(14)16-8)7-3-1-2-6-15-7/h1-6H,(H2,14,16,18). The van der Waals surface area contributed by atoms with Crippen LogP contribution in [0.5, 0.6) is 0 Å². The summed E-state index contributed by atoms with van der Waals surface area (Å²) in [6, 6.07) is 8.96. The molecule has 88 valence electrons. The summed E-state index contributed by atoms with van der Waals surface area (Å²) in [6.45, 7) is 0. The molecular weight excluding hydrogens is 250 g/mol. The molecular formula is C12H8ClN5. The predicted octanol–water partition coefficient (Wildman–Crippen LogP) is 2.32. The number of hydrogen-bond acceptors (Lipinski definition) is 5. The molecule has 3 rings (SSSR count). The third kappa shape index (κ3) is 1.84. The first-order chi connectivity index (χ1) is 8.74. The van der Waals surface area contributed by atoms with E-state index in [9.17, 15) is 0 Å². The quantitative estimate of drug-likeness (QED) is 0.677. The zero-order valence-electron chi connectivity index (χ0n) is 9.21. The number of aromatic nitrogens is 4. The number of rotatable bonds is 1. The van der Waals surface area contributed by atoms with Gasteiger partial charge < -0.3 is 5.73 Å². The molecule has 0 aliphatic carbocycles. The van der Waals surface area contributed by atoms with Crippen molar-refractivity contribution in [2.75, 3.05) is 5.73 Å². The van der Waals surface area contributed by atoms with Crippen LogP contribution in [0.2, 0.25) is 5.15 Å². The van der Waals surface area contributed by atoms with Crippen molar-refractivity contribution in [1.29, 1.82) is 0 Å². The molecule has 0 fully saturated rings. The van der Waals surface area contributed by atoms with Gasteiger partial charge in [0, 0.05) is 6.20 Å². The highest BCUT2D eigenvalue weighted by Crippen LogP contribution is 2.24. The van der Waals surface area contributed by atoms with E-state index in [0.717, 1.165) is 0 Å². The topological polar surface area (TPSA) is 77.6 Å². The molecule has 3 heterocycles. The van der Waals surface area contributed by atoms with E-state index >= 15 is 0 Å². The Hall–Kier alpha value is -2.27. The molecule has 0 aliphatic rings.